The molecular weight excluding hydrogens is 106 g/mol. The van der Waals surface area contributed by atoms with E-state index in [4.69, 9.17) is 6.58 Å². The van der Waals surface area contributed by atoms with Gasteiger partial charge in [0.25, 0.3) is 0 Å². The maximum absolute atomic E-state index is 10.3. The van der Waals surface area contributed by atoms with Crippen LogP contribution in [0.15, 0.2) is 0 Å². The molecule has 3 nitrogen and oxygen atoms in total. The van der Waals surface area contributed by atoms with Crippen LogP contribution in [0.4, 0.5) is 0 Å². The van der Waals surface area contributed by atoms with Gasteiger partial charge in [0.2, 0.25) is 0 Å². The number of aldehydes is 1. The fraction of sp³-hybridized carbons (Fsp3) is 0.800. The second kappa shape index (κ2) is 2.24. The van der Waals surface area contributed by atoms with Crippen LogP contribution in [-0.4, -0.2) is 29.1 Å². The monoisotopic (exact) mass is 116 g/mol. The van der Waals surface area contributed by atoms with Crippen LogP contribution in [0.1, 0.15) is 14.2 Å². The Morgan fingerprint density at radius 2 is 2.75 bits per heavy atom. The third-order valence-electron chi connectivity index (χ3n) is 1.36. The number of hydroxylamine groups is 2. The summed E-state index contributed by atoms with van der Waals surface area (Å²) in [4.78, 5) is 10.3. The summed E-state index contributed by atoms with van der Waals surface area (Å²) in [6, 6.07) is -0.551. The van der Waals surface area contributed by atoms with Crippen molar-refractivity contribution in [1.29, 1.82) is 0 Å². The minimum Gasteiger partial charge on any atom is -0.313 e. The molecular formula is C5H9NO2. The molecule has 0 aliphatic carbocycles. The molecule has 0 spiro atoms. The summed E-state index contributed by atoms with van der Waals surface area (Å²) in [6.45, 7) is 0.523. The van der Waals surface area contributed by atoms with E-state index in [0.29, 0.717) is 13.0 Å². The topological polar surface area (TPSA) is 40.5 Å². The lowest BCUT2D eigenvalue weighted by atomic mass is 10.2. The van der Waals surface area contributed by atoms with E-state index in [1.165, 1.54) is 0 Å². The lowest BCUT2D eigenvalue weighted by Crippen LogP contribution is -2.26. The predicted molar refractivity (Wildman–Crippen MR) is 27.6 cm³/mol. The van der Waals surface area contributed by atoms with Gasteiger partial charge in [-0.15, -0.1) is 0 Å². The van der Waals surface area contributed by atoms with E-state index in [1.54, 1.807) is 0 Å². The number of carbonyl (C=O) groups excluding carboxylic acids is 1. The van der Waals surface area contributed by atoms with Gasteiger partial charge in [0.05, 0.1) is 6.04 Å². The quantitative estimate of drug-likeness (QED) is 0.492. The Hall–Kier alpha value is -0.410. The van der Waals surface area contributed by atoms with Crippen LogP contribution < -0.4 is 0 Å². The van der Waals surface area contributed by atoms with Gasteiger partial charge >= 0.3 is 0 Å². The molecule has 1 aliphatic heterocycles. The van der Waals surface area contributed by atoms with E-state index in [0.717, 1.165) is 11.5 Å². The Bertz CT molecular complexity index is 128. The van der Waals surface area contributed by atoms with Crippen molar-refractivity contribution in [1.82, 2.24) is 5.06 Å². The van der Waals surface area contributed by atoms with Crippen molar-refractivity contribution in [3.63, 3.8) is 0 Å². The Balaban J connectivity index is 2.49. The lowest BCUT2D eigenvalue weighted by molar-refractivity contribution is -0.132. The van der Waals surface area contributed by atoms with Gasteiger partial charge in [0.1, 0.15) is 7.63 Å². The molecule has 1 atom stereocenters. The van der Waals surface area contributed by atoms with Crippen LogP contribution in [0.3, 0.4) is 0 Å². The zero-order valence-corrected chi connectivity index (χ0v) is 4.50. The first-order valence-corrected chi connectivity index (χ1v) is 2.68. The molecule has 0 aromatic carbocycles. The normalized spacial score (nSPS) is 32.6. The van der Waals surface area contributed by atoms with E-state index in [2.05, 4.69) is 0 Å². The molecule has 1 fully saturated rings. The molecule has 0 amide bonds. The summed E-state index contributed by atoms with van der Waals surface area (Å²) >= 11 is 0. The second-order valence-corrected chi connectivity index (χ2v) is 1.94. The number of rotatable bonds is 1. The van der Waals surface area contributed by atoms with Crippen LogP contribution in [0.2, 0.25) is 0 Å². The highest BCUT2D eigenvalue weighted by Gasteiger charge is 2.21. The minimum absolute atomic E-state index is 0.523. The van der Waals surface area contributed by atoms with Gasteiger partial charge in [-0.25, -0.2) is 0 Å². The summed E-state index contributed by atoms with van der Waals surface area (Å²) in [7, 11) is 0. The van der Waals surface area contributed by atoms with Crippen LogP contribution in [-0.2, 0) is 4.79 Å². The van der Waals surface area contributed by atoms with Crippen LogP contribution >= 0.6 is 0 Å². The molecule has 0 aromatic heterocycles. The van der Waals surface area contributed by atoms with Gasteiger partial charge in [-0.2, -0.15) is 5.06 Å². The standard InChI is InChI=1S/C5H9NO2/c7-4-5-2-1-3-6(5)8/h4-5,8H,1-3H2/t5-/m0/s1/i4D. The highest BCUT2D eigenvalue weighted by molar-refractivity contribution is 5.57. The lowest BCUT2D eigenvalue weighted by Gasteiger charge is -2.08. The average Bonchev–Trinajstić information content (AvgIpc) is 2.13. The van der Waals surface area contributed by atoms with Gasteiger partial charge in [0.15, 0.2) is 0 Å². The summed E-state index contributed by atoms with van der Waals surface area (Å²) in [5.74, 6) is 0. The molecule has 1 heterocycles. The first kappa shape index (κ1) is 4.47. The molecule has 8 heavy (non-hydrogen) atoms. The fourth-order valence-electron chi connectivity index (χ4n) is 0.871. The van der Waals surface area contributed by atoms with Crippen LogP contribution in [0.25, 0.3) is 0 Å². The molecule has 1 aliphatic rings. The summed E-state index contributed by atoms with van der Waals surface area (Å²) in [6.07, 6.45) is 0.750. The smallest absolute Gasteiger partial charge is 0.139 e. The highest BCUT2D eigenvalue weighted by Crippen LogP contribution is 2.11. The number of nitrogens with zero attached hydrogens (tertiary/aromatic N) is 1. The Labute approximate surface area is 49.3 Å². The molecule has 1 saturated heterocycles. The molecule has 3 heteroatoms. The number of hydrogen-bond acceptors (Lipinski definition) is 3. The van der Waals surface area contributed by atoms with Crippen molar-refractivity contribution in [2.75, 3.05) is 6.54 Å². The number of hydrogen-bond donors (Lipinski definition) is 1. The first-order valence-electron chi connectivity index (χ1n) is 3.18. The van der Waals surface area contributed by atoms with E-state index in [1.807, 2.05) is 0 Å². The zero-order chi connectivity index (χ0) is 6.85. The molecule has 1 N–H and O–H groups in total. The number of carbonyl (C=O) groups is 1. The molecule has 0 unspecified atom stereocenters. The van der Waals surface area contributed by atoms with Gasteiger partial charge < -0.3 is 10.0 Å². The maximum Gasteiger partial charge on any atom is 0.139 e. The molecule has 0 aromatic rings. The molecule has 0 saturated carbocycles. The predicted octanol–water partition coefficient (Wildman–Crippen LogP) is 0.0389. The summed E-state index contributed by atoms with van der Waals surface area (Å²) in [5.41, 5.74) is 0. The molecule has 46 valence electrons. The first-order chi connectivity index (χ1) is 4.22. The Kier molecular flexibility index (Phi) is 1.25. The van der Waals surface area contributed by atoms with Gasteiger partial charge in [0, 0.05) is 6.54 Å². The van der Waals surface area contributed by atoms with E-state index < -0.39 is 12.3 Å². The van der Waals surface area contributed by atoms with Crippen molar-refractivity contribution in [2.24, 2.45) is 0 Å². The third kappa shape index (κ3) is 0.877. The van der Waals surface area contributed by atoms with Crippen molar-refractivity contribution in [3.8, 4) is 0 Å². The van der Waals surface area contributed by atoms with Gasteiger partial charge in [-0.1, -0.05) is 0 Å². The highest BCUT2D eigenvalue weighted by atomic mass is 16.5. The zero-order valence-electron chi connectivity index (χ0n) is 5.50. The molecule has 1 rings (SSSR count). The molecule has 0 radical (unpaired) electrons. The largest absolute Gasteiger partial charge is 0.313 e. The van der Waals surface area contributed by atoms with Gasteiger partial charge in [-0.05, 0) is 12.8 Å². The summed E-state index contributed by atoms with van der Waals surface area (Å²) in [5, 5.41) is 9.79. The van der Waals surface area contributed by atoms with E-state index >= 15 is 0 Å². The van der Waals surface area contributed by atoms with E-state index in [9.17, 15) is 4.79 Å². The SMILES string of the molecule is [2H]C(=O)[C@@H]1CCCN1O. The van der Waals surface area contributed by atoms with Crippen molar-refractivity contribution in [3.05, 3.63) is 0 Å². The van der Waals surface area contributed by atoms with Crippen molar-refractivity contribution < 1.29 is 11.4 Å². The molecule has 0 bridgehead atoms. The Morgan fingerprint density at radius 1 is 2.00 bits per heavy atom. The van der Waals surface area contributed by atoms with Gasteiger partial charge in [-0.3, -0.25) is 0 Å². The summed E-state index contributed by atoms with van der Waals surface area (Å²) < 4.78 is 6.66. The second-order valence-electron chi connectivity index (χ2n) is 1.94. The van der Waals surface area contributed by atoms with Crippen LogP contribution in [0, 0.1) is 0 Å². The third-order valence-corrected chi connectivity index (χ3v) is 1.36. The van der Waals surface area contributed by atoms with Crippen molar-refractivity contribution >= 4 is 6.26 Å². The average molecular weight is 116 g/mol. The van der Waals surface area contributed by atoms with E-state index in [-0.39, 0.29) is 0 Å². The maximum atomic E-state index is 10.3. The minimum atomic E-state index is -0.685. The Morgan fingerprint density at radius 3 is 3.00 bits per heavy atom. The van der Waals surface area contributed by atoms with Crippen LogP contribution in [0.5, 0.6) is 0 Å². The fourth-order valence-corrected chi connectivity index (χ4v) is 0.871. The van der Waals surface area contributed by atoms with Crippen molar-refractivity contribution in [2.45, 2.75) is 18.9 Å².